The Kier molecular flexibility index (Phi) is 3.33. The minimum atomic E-state index is -0.0719. The highest BCUT2D eigenvalue weighted by atomic mass is 16.5. The fourth-order valence-corrected chi connectivity index (χ4v) is 2.09. The minimum Gasteiger partial charge on any atom is -0.508 e. The van der Waals surface area contributed by atoms with Gasteiger partial charge in [-0.3, -0.25) is 4.79 Å². The standard InChI is InChI=1S/C13H17NO3/c1-9-6-10(8-17-9)13(16)14(2)11-4-3-5-12(15)7-11/h3-5,7,9-10,15H,6,8H2,1-2H3. The van der Waals surface area contributed by atoms with Crippen LogP contribution in [0.3, 0.4) is 0 Å². The van der Waals surface area contributed by atoms with Crippen molar-refractivity contribution in [2.45, 2.75) is 19.4 Å². The van der Waals surface area contributed by atoms with Gasteiger partial charge in [-0.15, -0.1) is 0 Å². The van der Waals surface area contributed by atoms with Gasteiger partial charge < -0.3 is 14.7 Å². The molecule has 1 aromatic rings. The fraction of sp³-hybridized carbons (Fsp3) is 0.462. The molecule has 2 atom stereocenters. The number of benzene rings is 1. The fourth-order valence-electron chi connectivity index (χ4n) is 2.09. The van der Waals surface area contributed by atoms with Crippen LogP contribution in [0.2, 0.25) is 0 Å². The number of rotatable bonds is 2. The van der Waals surface area contributed by atoms with E-state index in [0.29, 0.717) is 12.3 Å². The van der Waals surface area contributed by atoms with Crippen LogP contribution in [0.1, 0.15) is 13.3 Å². The average Bonchev–Trinajstić information content (AvgIpc) is 2.74. The molecule has 0 radical (unpaired) electrons. The molecule has 1 aliphatic heterocycles. The van der Waals surface area contributed by atoms with E-state index in [1.807, 2.05) is 6.92 Å². The molecule has 1 heterocycles. The molecule has 1 aromatic carbocycles. The minimum absolute atomic E-state index is 0.0416. The van der Waals surface area contributed by atoms with Crippen LogP contribution >= 0.6 is 0 Å². The maximum atomic E-state index is 12.2. The third-order valence-electron chi connectivity index (χ3n) is 3.10. The molecular formula is C13H17NO3. The molecule has 0 spiro atoms. The van der Waals surface area contributed by atoms with Crippen LogP contribution < -0.4 is 4.90 Å². The molecule has 0 bridgehead atoms. The first kappa shape index (κ1) is 11.9. The van der Waals surface area contributed by atoms with E-state index in [2.05, 4.69) is 0 Å². The van der Waals surface area contributed by atoms with Crippen molar-refractivity contribution in [3.05, 3.63) is 24.3 Å². The molecule has 1 N–H and O–H groups in total. The van der Waals surface area contributed by atoms with Crippen molar-refractivity contribution in [2.75, 3.05) is 18.6 Å². The Labute approximate surface area is 101 Å². The molecule has 2 unspecified atom stereocenters. The van der Waals surface area contributed by atoms with Gasteiger partial charge in [-0.1, -0.05) is 6.07 Å². The highest BCUT2D eigenvalue weighted by Crippen LogP contribution is 2.25. The summed E-state index contributed by atoms with van der Waals surface area (Å²) in [6, 6.07) is 6.69. The molecule has 4 heteroatoms. The van der Waals surface area contributed by atoms with Gasteiger partial charge >= 0.3 is 0 Å². The van der Waals surface area contributed by atoms with E-state index < -0.39 is 0 Å². The van der Waals surface area contributed by atoms with E-state index in [-0.39, 0.29) is 23.7 Å². The largest absolute Gasteiger partial charge is 0.508 e. The van der Waals surface area contributed by atoms with Gasteiger partial charge in [0.05, 0.1) is 18.6 Å². The van der Waals surface area contributed by atoms with Crippen molar-refractivity contribution in [2.24, 2.45) is 5.92 Å². The number of carbonyl (C=O) groups excluding carboxylic acids is 1. The molecule has 0 aliphatic carbocycles. The Balaban J connectivity index is 2.09. The normalized spacial score (nSPS) is 23.6. The lowest BCUT2D eigenvalue weighted by Crippen LogP contribution is -2.33. The quantitative estimate of drug-likeness (QED) is 0.850. The number of ether oxygens (including phenoxy) is 1. The Hall–Kier alpha value is -1.55. The topological polar surface area (TPSA) is 49.8 Å². The first-order valence-corrected chi connectivity index (χ1v) is 5.76. The third kappa shape index (κ3) is 2.58. The van der Waals surface area contributed by atoms with Gasteiger partial charge in [-0.2, -0.15) is 0 Å². The predicted molar refractivity (Wildman–Crippen MR) is 65.0 cm³/mol. The van der Waals surface area contributed by atoms with Gasteiger partial charge in [-0.05, 0) is 25.5 Å². The highest BCUT2D eigenvalue weighted by molar-refractivity contribution is 5.94. The van der Waals surface area contributed by atoms with E-state index in [0.717, 1.165) is 6.42 Å². The van der Waals surface area contributed by atoms with Crippen molar-refractivity contribution in [3.8, 4) is 5.75 Å². The molecule has 0 saturated carbocycles. The zero-order valence-electron chi connectivity index (χ0n) is 10.1. The van der Waals surface area contributed by atoms with Crippen molar-refractivity contribution < 1.29 is 14.6 Å². The average molecular weight is 235 g/mol. The van der Waals surface area contributed by atoms with E-state index >= 15 is 0 Å². The zero-order chi connectivity index (χ0) is 12.4. The lowest BCUT2D eigenvalue weighted by molar-refractivity contribution is -0.122. The van der Waals surface area contributed by atoms with Crippen LogP contribution in [0.15, 0.2) is 24.3 Å². The van der Waals surface area contributed by atoms with Gasteiger partial charge in [-0.25, -0.2) is 0 Å². The summed E-state index contributed by atoms with van der Waals surface area (Å²) in [4.78, 5) is 13.7. The van der Waals surface area contributed by atoms with Gasteiger partial charge in [0.2, 0.25) is 5.91 Å². The number of nitrogens with zero attached hydrogens (tertiary/aromatic N) is 1. The lowest BCUT2D eigenvalue weighted by Gasteiger charge is -2.20. The van der Waals surface area contributed by atoms with Crippen LogP contribution in [-0.2, 0) is 9.53 Å². The smallest absolute Gasteiger partial charge is 0.232 e. The van der Waals surface area contributed by atoms with Crippen molar-refractivity contribution in [1.82, 2.24) is 0 Å². The summed E-state index contributed by atoms with van der Waals surface area (Å²) in [6.07, 6.45) is 0.920. The maximum absolute atomic E-state index is 12.2. The first-order chi connectivity index (χ1) is 8.08. The van der Waals surface area contributed by atoms with Crippen LogP contribution in [0, 0.1) is 5.92 Å². The molecule has 0 aromatic heterocycles. The van der Waals surface area contributed by atoms with Gasteiger partial charge in [0, 0.05) is 18.8 Å². The molecule has 1 amide bonds. The van der Waals surface area contributed by atoms with Crippen molar-refractivity contribution in [3.63, 3.8) is 0 Å². The molecule has 92 valence electrons. The second-order valence-corrected chi connectivity index (χ2v) is 4.49. The number of aromatic hydroxyl groups is 1. The number of phenols is 1. The maximum Gasteiger partial charge on any atom is 0.232 e. The summed E-state index contributed by atoms with van der Waals surface area (Å²) in [5.41, 5.74) is 0.703. The number of hydrogen-bond donors (Lipinski definition) is 1. The Morgan fingerprint density at radius 2 is 2.29 bits per heavy atom. The number of anilines is 1. The second kappa shape index (κ2) is 4.75. The summed E-state index contributed by atoms with van der Waals surface area (Å²) >= 11 is 0. The van der Waals surface area contributed by atoms with Crippen LogP contribution in [0.25, 0.3) is 0 Å². The van der Waals surface area contributed by atoms with Crippen molar-refractivity contribution >= 4 is 11.6 Å². The Morgan fingerprint density at radius 3 is 2.88 bits per heavy atom. The van der Waals surface area contributed by atoms with Crippen LogP contribution in [0.4, 0.5) is 5.69 Å². The molecule has 17 heavy (non-hydrogen) atoms. The highest BCUT2D eigenvalue weighted by Gasteiger charge is 2.30. The Bertz CT molecular complexity index is 419. The van der Waals surface area contributed by atoms with Gasteiger partial charge in [0.25, 0.3) is 0 Å². The first-order valence-electron chi connectivity index (χ1n) is 5.76. The summed E-state index contributed by atoms with van der Waals surface area (Å²) in [5, 5.41) is 9.39. The number of hydrogen-bond acceptors (Lipinski definition) is 3. The molecule has 1 aliphatic rings. The van der Waals surface area contributed by atoms with E-state index in [1.165, 1.54) is 0 Å². The predicted octanol–water partition coefficient (Wildman–Crippen LogP) is 1.78. The summed E-state index contributed by atoms with van der Waals surface area (Å²) in [6.45, 7) is 2.46. The SMILES string of the molecule is CC1CC(C(=O)N(C)c2cccc(O)c2)CO1. The van der Waals surface area contributed by atoms with Crippen LogP contribution in [0.5, 0.6) is 5.75 Å². The third-order valence-corrected chi connectivity index (χ3v) is 3.10. The summed E-state index contributed by atoms with van der Waals surface area (Å²) in [7, 11) is 1.72. The molecule has 4 nitrogen and oxygen atoms in total. The van der Waals surface area contributed by atoms with Crippen molar-refractivity contribution in [1.29, 1.82) is 0 Å². The number of carbonyl (C=O) groups is 1. The second-order valence-electron chi connectivity index (χ2n) is 4.49. The number of amides is 1. The summed E-state index contributed by atoms with van der Waals surface area (Å²) < 4.78 is 5.40. The lowest BCUT2D eigenvalue weighted by atomic mass is 10.0. The number of phenolic OH excluding ortho intramolecular Hbond substituents is 1. The van der Waals surface area contributed by atoms with Gasteiger partial charge in [0.15, 0.2) is 0 Å². The molecule has 1 fully saturated rings. The molecule has 1 saturated heterocycles. The van der Waals surface area contributed by atoms with E-state index in [4.69, 9.17) is 4.74 Å². The van der Waals surface area contributed by atoms with Gasteiger partial charge in [0.1, 0.15) is 5.75 Å². The molecule has 2 rings (SSSR count). The van der Waals surface area contributed by atoms with Crippen LogP contribution in [-0.4, -0.2) is 30.8 Å². The van der Waals surface area contributed by atoms with E-state index in [9.17, 15) is 9.90 Å². The molecular weight excluding hydrogens is 218 g/mol. The zero-order valence-corrected chi connectivity index (χ0v) is 10.1. The Morgan fingerprint density at radius 1 is 1.53 bits per heavy atom. The monoisotopic (exact) mass is 235 g/mol. The summed E-state index contributed by atoms with van der Waals surface area (Å²) in [5.74, 6) is 0.135. The van der Waals surface area contributed by atoms with E-state index in [1.54, 1.807) is 36.2 Å².